The molecule has 8 nitrogen and oxygen atoms in total. The molecule has 2 rings (SSSR count). The number of hydrogen-bond donors (Lipinski definition) is 5. The summed E-state index contributed by atoms with van der Waals surface area (Å²) in [5.74, 6) is -2.59. The fourth-order valence-corrected chi connectivity index (χ4v) is 1.76. The summed E-state index contributed by atoms with van der Waals surface area (Å²) in [7, 11) is 0. The molecule has 0 aliphatic heterocycles. The van der Waals surface area contributed by atoms with Crippen molar-refractivity contribution in [3.8, 4) is 11.5 Å². The number of nitrogens with one attached hydrogen (secondary N) is 2. The number of imidazole rings is 1. The fraction of sp³-hybridized carbons (Fsp3) is 0.154. The van der Waals surface area contributed by atoms with Gasteiger partial charge < -0.3 is 25.6 Å². The number of aromatic nitrogens is 2. The second kappa shape index (κ2) is 5.95. The monoisotopic (exact) mass is 291 g/mol. The minimum atomic E-state index is -1.21. The second-order valence-electron chi connectivity index (χ2n) is 4.35. The number of aromatic amines is 1. The van der Waals surface area contributed by atoms with Crippen LogP contribution in [0, 0.1) is 0 Å². The predicted octanol–water partition coefficient (Wildman–Crippen LogP) is 0.247. The van der Waals surface area contributed by atoms with Crippen molar-refractivity contribution in [1.29, 1.82) is 0 Å². The van der Waals surface area contributed by atoms with Crippen molar-refractivity contribution in [2.24, 2.45) is 0 Å². The smallest absolute Gasteiger partial charge is 0.326 e. The van der Waals surface area contributed by atoms with Crippen molar-refractivity contribution < 1.29 is 24.9 Å². The lowest BCUT2D eigenvalue weighted by Crippen LogP contribution is -2.42. The highest BCUT2D eigenvalue weighted by molar-refractivity contribution is 5.99. The van der Waals surface area contributed by atoms with Crippen LogP contribution in [0.5, 0.6) is 11.5 Å². The molecule has 1 amide bonds. The van der Waals surface area contributed by atoms with Gasteiger partial charge in [0.15, 0.2) is 0 Å². The molecule has 0 unspecified atom stereocenters. The molecule has 0 saturated heterocycles. The van der Waals surface area contributed by atoms with Gasteiger partial charge >= 0.3 is 5.97 Å². The molecule has 0 bridgehead atoms. The Morgan fingerprint density at radius 2 is 2.10 bits per heavy atom. The normalized spacial score (nSPS) is 11.8. The number of carboxylic acids is 1. The third-order valence-corrected chi connectivity index (χ3v) is 2.81. The van der Waals surface area contributed by atoms with E-state index < -0.39 is 23.7 Å². The molecular formula is C13H13N3O5. The van der Waals surface area contributed by atoms with E-state index in [0.717, 1.165) is 6.07 Å². The summed E-state index contributed by atoms with van der Waals surface area (Å²) in [5.41, 5.74) is 0.432. The van der Waals surface area contributed by atoms with Gasteiger partial charge in [-0.2, -0.15) is 0 Å². The second-order valence-corrected chi connectivity index (χ2v) is 4.35. The standard InChI is InChI=1S/C13H13N3O5/c17-8-1-2-9(11(18)4-8)12(19)16-10(13(20)21)3-7-5-14-6-15-7/h1-2,4-6,10,17-18H,3H2,(H,14,15)(H,16,19)(H,20,21)/t10-/m1/s1. The number of rotatable bonds is 5. The summed E-state index contributed by atoms with van der Waals surface area (Å²) in [6.45, 7) is 0. The number of benzene rings is 1. The molecule has 0 saturated carbocycles. The van der Waals surface area contributed by atoms with Crippen LogP contribution < -0.4 is 5.32 Å². The number of aliphatic carboxylic acids is 1. The van der Waals surface area contributed by atoms with Crippen molar-refractivity contribution in [2.45, 2.75) is 12.5 Å². The lowest BCUT2D eigenvalue weighted by Gasteiger charge is -2.14. The van der Waals surface area contributed by atoms with Gasteiger partial charge in [0.05, 0.1) is 11.9 Å². The number of phenols is 2. The van der Waals surface area contributed by atoms with E-state index in [0.29, 0.717) is 5.69 Å². The molecule has 0 spiro atoms. The number of amides is 1. The maximum Gasteiger partial charge on any atom is 0.326 e. The zero-order valence-corrected chi connectivity index (χ0v) is 10.8. The first kappa shape index (κ1) is 14.4. The van der Waals surface area contributed by atoms with Gasteiger partial charge in [0.2, 0.25) is 0 Å². The summed E-state index contributed by atoms with van der Waals surface area (Å²) in [6, 6.07) is 2.25. The molecule has 1 aromatic carbocycles. The number of nitrogens with zero attached hydrogens (tertiary/aromatic N) is 1. The third kappa shape index (κ3) is 3.50. The Hall–Kier alpha value is -3.03. The summed E-state index contributed by atoms with van der Waals surface area (Å²) >= 11 is 0. The zero-order valence-electron chi connectivity index (χ0n) is 10.8. The molecule has 2 aromatic rings. The Labute approximate surface area is 119 Å². The number of aromatic hydroxyl groups is 2. The molecule has 1 aromatic heterocycles. The lowest BCUT2D eigenvalue weighted by molar-refractivity contribution is -0.139. The summed E-state index contributed by atoms with van der Waals surface area (Å²) in [5, 5.41) is 30.2. The van der Waals surface area contributed by atoms with Crippen LogP contribution in [0.2, 0.25) is 0 Å². The Bertz CT molecular complexity index is 654. The number of hydrogen-bond acceptors (Lipinski definition) is 5. The van der Waals surface area contributed by atoms with E-state index in [1.165, 1.54) is 24.7 Å². The van der Waals surface area contributed by atoms with E-state index in [-0.39, 0.29) is 17.7 Å². The van der Waals surface area contributed by atoms with Crippen LogP contribution in [0.3, 0.4) is 0 Å². The largest absolute Gasteiger partial charge is 0.508 e. The maximum atomic E-state index is 12.0. The Morgan fingerprint density at radius 3 is 2.67 bits per heavy atom. The van der Waals surface area contributed by atoms with Crippen LogP contribution in [-0.2, 0) is 11.2 Å². The van der Waals surface area contributed by atoms with Gasteiger partial charge in [-0.15, -0.1) is 0 Å². The zero-order chi connectivity index (χ0) is 15.4. The highest BCUT2D eigenvalue weighted by Gasteiger charge is 2.23. The van der Waals surface area contributed by atoms with Gasteiger partial charge in [-0.25, -0.2) is 9.78 Å². The molecule has 1 heterocycles. The molecule has 21 heavy (non-hydrogen) atoms. The van der Waals surface area contributed by atoms with E-state index in [9.17, 15) is 14.7 Å². The van der Waals surface area contributed by atoms with Gasteiger partial charge in [0.25, 0.3) is 5.91 Å². The number of carbonyl (C=O) groups excluding carboxylic acids is 1. The predicted molar refractivity (Wildman–Crippen MR) is 71.0 cm³/mol. The minimum Gasteiger partial charge on any atom is -0.508 e. The quantitative estimate of drug-likeness (QED) is 0.535. The summed E-state index contributed by atoms with van der Waals surface area (Å²) in [6.07, 6.45) is 2.89. The van der Waals surface area contributed by atoms with Crippen LogP contribution >= 0.6 is 0 Å². The van der Waals surface area contributed by atoms with E-state index in [1.54, 1.807) is 0 Å². The first-order valence-corrected chi connectivity index (χ1v) is 6.00. The molecule has 1 atom stereocenters. The Morgan fingerprint density at radius 1 is 1.33 bits per heavy atom. The Kier molecular flexibility index (Phi) is 4.07. The van der Waals surface area contributed by atoms with Crippen molar-refractivity contribution in [3.63, 3.8) is 0 Å². The van der Waals surface area contributed by atoms with Crippen molar-refractivity contribution in [2.75, 3.05) is 0 Å². The first-order chi connectivity index (χ1) is 9.97. The molecular weight excluding hydrogens is 278 g/mol. The van der Waals surface area contributed by atoms with Crippen molar-refractivity contribution in [1.82, 2.24) is 15.3 Å². The molecule has 5 N–H and O–H groups in total. The van der Waals surface area contributed by atoms with Gasteiger partial charge in [-0.3, -0.25) is 4.79 Å². The average Bonchev–Trinajstić information content (AvgIpc) is 2.90. The van der Waals surface area contributed by atoms with Crippen LogP contribution in [0.15, 0.2) is 30.7 Å². The fourth-order valence-electron chi connectivity index (χ4n) is 1.76. The van der Waals surface area contributed by atoms with Gasteiger partial charge in [0, 0.05) is 24.4 Å². The molecule has 110 valence electrons. The van der Waals surface area contributed by atoms with Crippen LogP contribution in [0.4, 0.5) is 0 Å². The third-order valence-electron chi connectivity index (χ3n) is 2.81. The molecule has 0 fully saturated rings. The molecule has 0 aliphatic carbocycles. The molecule has 0 radical (unpaired) electrons. The van der Waals surface area contributed by atoms with E-state index in [2.05, 4.69) is 15.3 Å². The first-order valence-electron chi connectivity index (χ1n) is 6.00. The van der Waals surface area contributed by atoms with Gasteiger partial charge in [-0.1, -0.05) is 0 Å². The molecule has 8 heteroatoms. The number of H-pyrrole nitrogens is 1. The summed E-state index contributed by atoms with van der Waals surface area (Å²) in [4.78, 5) is 29.7. The van der Waals surface area contributed by atoms with E-state index >= 15 is 0 Å². The van der Waals surface area contributed by atoms with Crippen LogP contribution in [0.25, 0.3) is 0 Å². The average molecular weight is 291 g/mol. The van der Waals surface area contributed by atoms with Gasteiger partial charge in [0.1, 0.15) is 17.5 Å². The lowest BCUT2D eigenvalue weighted by atomic mass is 10.1. The van der Waals surface area contributed by atoms with Gasteiger partial charge in [-0.05, 0) is 12.1 Å². The van der Waals surface area contributed by atoms with E-state index in [4.69, 9.17) is 10.2 Å². The highest BCUT2D eigenvalue weighted by atomic mass is 16.4. The number of carbonyl (C=O) groups is 2. The maximum absolute atomic E-state index is 12.0. The van der Waals surface area contributed by atoms with Crippen molar-refractivity contribution >= 4 is 11.9 Å². The topological polar surface area (TPSA) is 136 Å². The minimum absolute atomic E-state index is 0.0277. The van der Waals surface area contributed by atoms with Crippen LogP contribution in [-0.4, -0.2) is 43.2 Å². The van der Waals surface area contributed by atoms with Crippen molar-refractivity contribution in [3.05, 3.63) is 42.0 Å². The summed E-state index contributed by atoms with van der Waals surface area (Å²) < 4.78 is 0. The number of carboxylic acid groups (broad SMARTS) is 1. The SMILES string of the molecule is O=C(N[C@H](Cc1cnc[nH]1)C(=O)O)c1ccc(O)cc1O. The molecule has 0 aliphatic rings. The Balaban J connectivity index is 2.12. The number of phenolic OH excluding ortho intramolecular Hbond substituents is 2. The van der Waals surface area contributed by atoms with Crippen LogP contribution in [0.1, 0.15) is 16.1 Å². The highest BCUT2D eigenvalue weighted by Crippen LogP contribution is 2.22. The van der Waals surface area contributed by atoms with E-state index in [1.807, 2.05) is 0 Å².